The lowest BCUT2D eigenvalue weighted by atomic mass is 10.0. The van der Waals surface area contributed by atoms with Gasteiger partial charge in [0.05, 0.1) is 11.9 Å². The van der Waals surface area contributed by atoms with Crippen LogP contribution in [0.3, 0.4) is 0 Å². The Morgan fingerprint density at radius 2 is 1.17 bits per heavy atom. The second kappa shape index (κ2) is 8.35. The second-order valence-corrected chi connectivity index (χ2v) is 9.24. The van der Waals surface area contributed by atoms with E-state index in [9.17, 15) is 0 Å². The molecule has 0 aliphatic heterocycles. The Morgan fingerprint density at radius 3 is 1.50 bits per heavy atom. The van der Waals surface area contributed by atoms with Crippen LogP contribution in [0.15, 0.2) is 48.5 Å². The maximum Gasteiger partial charge on any atom is 0.451 e. The van der Waals surface area contributed by atoms with Gasteiger partial charge in [0.2, 0.25) is 0 Å². The summed E-state index contributed by atoms with van der Waals surface area (Å²) in [7, 11) is 0. The van der Waals surface area contributed by atoms with Gasteiger partial charge in [-0.2, -0.15) is 4.08 Å². The number of halogens is 1. The molecule has 2 aromatic carbocycles. The highest BCUT2D eigenvalue weighted by atomic mass is 35.5. The fourth-order valence-corrected chi connectivity index (χ4v) is 3.93. The molecule has 0 saturated carbocycles. The summed E-state index contributed by atoms with van der Waals surface area (Å²) in [6, 6.07) is 15.4. The average Bonchev–Trinajstić information content (AvgIpc) is 2.55. The molecule has 0 aromatic heterocycles. The van der Waals surface area contributed by atoms with Crippen molar-refractivity contribution in [1.82, 2.24) is 0 Å². The molecule has 0 heterocycles. The van der Waals surface area contributed by atoms with Gasteiger partial charge in [0, 0.05) is 11.8 Å². The summed E-state index contributed by atoms with van der Waals surface area (Å²) < 4.78 is 16.8. The van der Waals surface area contributed by atoms with E-state index in [1.807, 2.05) is 48.5 Å². The van der Waals surface area contributed by atoms with Crippen molar-refractivity contribution < 1.29 is 13.1 Å². The highest BCUT2D eigenvalue weighted by Crippen LogP contribution is 2.53. The van der Waals surface area contributed by atoms with E-state index < -0.39 is 6.72 Å². The van der Waals surface area contributed by atoms with Crippen LogP contribution >= 0.6 is 18.6 Å². The van der Waals surface area contributed by atoms with E-state index in [2.05, 4.69) is 27.7 Å². The van der Waals surface area contributed by atoms with Crippen LogP contribution in [-0.2, 0) is 15.9 Å². The van der Waals surface area contributed by atoms with Gasteiger partial charge in [-0.15, -0.1) is 0 Å². The molecule has 0 aliphatic carbocycles. The zero-order valence-electron chi connectivity index (χ0n) is 14.2. The van der Waals surface area contributed by atoms with Crippen LogP contribution in [0.25, 0.3) is 0 Å². The average molecular weight is 385 g/mol. The molecule has 130 valence electrons. The molecule has 2 aromatic rings. The van der Waals surface area contributed by atoms with Crippen molar-refractivity contribution in [2.24, 2.45) is 0 Å². The molecule has 6 heteroatoms. The molecule has 0 aliphatic rings. The first-order valence-electron chi connectivity index (χ1n) is 7.83. The van der Waals surface area contributed by atoms with Gasteiger partial charge in [0.1, 0.15) is 11.5 Å². The third kappa shape index (κ3) is 4.73. The maximum absolute atomic E-state index is 5.93. The molecule has 0 unspecified atom stereocenters. The Hall–Kier alpha value is -1.06. The Kier molecular flexibility index (Phi) is 6.70. The zero-order valence-corrected chi connectivity index (χ0v) is 16.7. The van der Waals surface area contributed by atoms with Crippen LogP contribution in [0.4, 0.5) is 0 Å². The monoisotopic (exact) mass is 384 g/mol. The van der Waals surface area contributed by atoms with Crippen LogP contribution in [0, 0.1) is 0 Å². The van der Waals surface area contributed by atoms with Crippen molar-refractivity contribution >= 4 is 30.4 Å². The van der Waals surface area contributed by atoms with Gasteiger partial charge in [0.15, 0.2) is 0 Å². The number of hydrogen-bond acceptors (Lipinski definition) is 4. The summed E-state index contributed by atoms with van der Waals surface area (Å²) in [5, 5.41) is 0. The van der Waals surface area contributed by atoms with Crippen LogP contribution in [-0.4, -0.2) is 0 Å². The fourth-order valence-electron chi connectivity index (χ4n) is 2.37. The van der Waals surface area contributed by atoms with Crippen molar-refractivity contribution in [1.29, 1.82) is 0 Å². The van der Waals surface area contributed by atoms with Gasteiger partial charge in [-0.1, -0.05) is 64.1 Å². The van der Waals surface area contributed by atoms with E-state index in [1.54, 1.807) is 0 Å². The smallest absolute Gasteiger partial charge is 0.415 e. The lowest BCUT2D eigenvalue weighted by molar-refractivity contribution is 0.393. The first-order chi connectivity index (χ1) is 11.4. The summed E-state index contributed by atoms with van der Waals surface area (Å²) in [5.41, 5.74) is 2.06. The number of para-hydroxylation sites is 2. The second-order valence-electron chi connectivity index (χ2n) is 6.08. The number of rotatable bonds is 7. The Balaban J connectivity index is 2.32. The molecule has 0 saturated heterocycles. The summed E-state index contributed by atoms with van der Waals surface area (Å²) >= 11 is 11.1. The van der Waals surface area contributed by atoms with Crippen molar-refractivity contribution in [2.45, 2.75) is 39.5 Å². The third-order valence-corrected chi connectivity index (χ3v) is 6.06. The summed E-state index contributed by atoms with van der Waals surface area (Å²) in [5.74, 6) is 1.84. The molecule has 0 amide bonds. The lowest BCUT2D eigenvalue weighted by Crippen LogP contribution is -2.05. The molecule has 3 nitrogen and oxygen atoms in total. The SMILES string of the molecule is CC(C)c1ccccc1OP(=S)(OCl)Oc1ccccc1C(C)C. The normalized spacial score (nSPS) is 11.8. The van der Waals surface area contributed by atoms with Gasteiger partial charge < -0.3 is 9.05 Å². The van der Waals surface area contributed by atoms with E-state index in [1.165, 1.54) is 0 Å². The van der Waals surface area contributed by atoms with Crippen LogP contribution < -0.4 is 9.05 Å². The fraction of sp³-hybridized carbons (Fsp3) is 0.333. The van der Waals surface area contributed by atoms with Gasteiger partial charge in [-0.05, 0) is 35.1 Å². The maximum atomic E-state index is 5.93. The molecule has 24 heavy (non-hydrogen) atoms. The zero-order chi connectivity index (χ0) is 17.7. The van der Waals surface area contributed by atoms with E-state index in [-0.39, 0.29) is 11.8 Å². The molecule has 0 atom stereocenters. The van der Waals surface area contributed by atoms with Gasteiger partial charge in [0.25, 0.3) is 0 Å². The molecule has 2 rings (SSSR count). The largest absolute Gasteiger partial charge is 0.451 e. The van der Waals surface area contributed by atoms with E-state index in [0.717, 1.165) is 11.1 Å². The number of benzene rings is 2. The van der Waals surface area contributed by atoms with E-state index in [4.69, 9.17) is 36.8 Å². The van der Waals surface area contributed by atoms with Crippen LogP contribution in [0.1, 0.15) is 50.7 Å². The highest BCUT2D eigenvalue weighted by molar-refractivity contribution is 8.08. The van der Waals surface area contributed by atoms with Crippen LogP contribution in [0.2, 0.25) is 0 Å². The Morgan fingerprint density at radius 1 is 0.792 bits per heavy atom. The van der Waals surface area contributed by atoms with Crippen molar-refractivity contribution in [2.75, 3.05) is 0 Å². The minimum absolute atomic E-state index is 0.280. The predicted octanol–water partition coefficient (Wildman–Crippen LogP) is 6.79. The first kappa shape index (κ1) is 19.3. The molecule has 0 N–H and O–H groups in total. The summed E-state index contributed by atoms with van der Waals surface area (Å²) in [6.07, 6.45) is 0. The summed E-state index contributed by atoms with van der Waals surface area (Å²) in [4.78, 5) is 0. The minimum atomic E-state index is -3.18. The van der Waals surface area contributed by atoms with Crippen molar-refractivity contribution in [3.8, 4) is 11.5 Å². The van der Waals surface area contributed by atoms with E-state index in [0.29, 0.717) is 11.5 Å². The quantitative estimate of drug-likeness (QED) is 0.491. The Labute approximate surface area is 154 Å². The highest BCUT2D eigenvalue weighted by Gasteiger charge is 2.27. The topological polar surface area (TPSA) is 27.7 Å². The predicted molar refractivity (Wildman–Crippen MR) is 104 cm³/mol. The summed E-state index contributed by atoms with van der Waals surface area (Å²) in [6.45, 7) is 5.16. The molecule has 0 fully saturated rings. The van der Waals surface area contributed by atoms with Gasteiger partial charge >= 0.3 is 6.72 Å². The first-order valence-corrected chi connectivity index (χ1v) is 10.7. The molecule has 0 bridgehead atoms. The van der Waals surface area contributed by atoms with E-state index >= 15 is 0 Å². The van der Waals surface area contributed by atoms with Gasteiger partial charge in [-0.3, -0.25) is 0 Å². The van der Waals surface area contributed by atoms with Crippen LogP contribution in [0.5, 0.6) is 11.5 Å². The molecular weight excluding hydrogens is 363 g/mol. The number of hydrogen-bond donors (Lipinski definition) is 0. The lowest BCUT2D eigenvalue weighted by Gasteiger charge is -2.23. The molecular formula is C18H22ClO3PS. The minimum Gasteiger partial charge on any atom is -0.415 e. The Bertz CT molecular complexity index is 676. The third-order valence-electron chi connectivity index (χ3n) is 3.59. The molecule has 0 spiro atoms. The molecule has 0 radical (unpaired) electrons. The van der Waals surface area contributed by atoms with Gasteiger partial charge in [-0.25, -0.2) is 0 Å². The van der Waals surface area contributed by atoms with Crippen molar-refractivity contribution in [3.05, 3.63) is 59.7 Å². The van der Waals surface area contributed by atoms with Crippen molar-refractivity contribution in [3.63, 3.8) is 0 Å². The standard InChI is InChI=1S/C18H22ClO3PS/c1-13(2)15-9-5-7-11-17(15)20-23(24,22-19)21-18-12-8-6-10-16(18)14(3)4/h5-14H,1-4H3.